The first kappa shape index (κ1) is 16.3. The molecule has 1 aliphatic heterocycles. The van der Waals surface area contributed by atoms with Gasteiger partial charge in [0.15, 0.2) is 0 Å². The van der Waals surface area contributed by atoms with Gasteiger partial charge in [0.1, 0.15) is 0 Å². The van der Waals surface area contributed by atoms with Crippen molar-refractivity contribution in [1.82, 2.24) is 4.90 Å². The molecule has 18 heavy (non-hydrogen) atoms. The van der Waals surface area contributed by atoms with Gasteiger partial charge in [-0.05, 0) is 49.6 Å². The molecule has 2 unspecified atom stereocenters. The van der Waals surface area contributed by atoms with E-state index in [1.54, 1.807) is 0 Å². The van der Waals surface area contributed by atoms with Crippen molar-refractivity contribution in [2.24, 2.45) is 11.7 Å². The topological polar surface area (TPSA) is 29.3 Å². The van der Waals surface area contributed by atoms with Crippen LogP contribution in [-0.2, 0) is 6.54 Å². The maximum atomic E-state index is 6.22. The van der Waals surface area contributed by atoms with Crippen molar-refractivity contribution >= 4 is 39.9 Å². The van der Waals surface area contributed by atoms with E-state index in [1.807, 2.05) is 12.1 Å². The predicted octanol–water partition coefficient (Wildman–Crippen LogP) is 3.69. The maximum Gasteiger partial charge on any atom is 0.0451 e. The molecule has 1 fully saturated rings. The molecule has 1 aromatic carbocycles. The Kier molecular flexibility index (Phi) is 6.42. The first-order valence-electron chi connectivity index (χ1n) is 5.98. The van der Waals surface area contributed by atoms with Gasteiger partial charge in [-0.25, -0.2) is 0 Å². The van der Waals surface area contributed by atoms with E-state index in [9.17, 15) is 0 Å². The lowest BCUT2D eigenvalue weighted by Crippen LogP contribution is -2.27. The number of hydrogen-bond acceptors (Lipinski definition) is 2. The van der Waals surface area contributed by atoms with Crippen molar-refractivity contribution in [3.05, 3.63) is 33.3 Å². The quantitative estimate of drug-likeness (QED) is 0.897. The third-order valence-corrected chi connectivity index (χ3v) is 4.37. The standard InChI is InChI=1S/C13H18BrClN2.ClH/c1-9-4-10(6-16)7-17(9)8-11-5-12(14)2-3-13(11)15;/h2-3,5,9-10H,4,6-8,16H2,1H3;1H. The average Bonchev–Trinajstić information content (AvgIpc) is 2.65. The summed E-state index contributed by atoms with van der Waals surface area (Å²) in [5.74, 6) is 0.635. The van der Waals surface area contributed by atoms with Crippen molar-refractivity contribution in [1.29, 1.82) is 0 Å². The second-order valence-corrected chi connectivity index (χ2v) is 6.17. The highest BCUT2D eigenvalue weighted by atomic mass is 79.9. The van der Waals surface area contributed by atoms with E-state index in [1.165, 1.54) is 12.0 Å². The number of benzene rings is 1. The molecular weight excluding hydrogens is 335 g/mol. The molecule has 2 rings (SSSR count). The van der Waals surface area contributed by atoms with E-state index < -0.39 is 0 Å². The fourth-order valence-corrected chi connectivity index (χ4v) is 3.08. The van der Waals surface area contributed by atoms with Crippen LogP contribution in [0.5, 0.6) is 0 Å². The van der Waals surface area contributed by atoms with Gasteiger partial charge < -0.3 is 5.73 Å². The van der Waals surface area contributed by atoms with Gasteiger partial charge in [-0.3, -0.25) is 4.90 Å². The van der Waals surface area contributed by atoms with Crippen LogP contribution >= 0.6 is 39.9 Å². The first-order chi connectivity index (χ1) is 8.10. The summed E-state index contributed by atoms with van der Waals surface area (Å²) in [6.07, 6.45) is 1.20. The van der Waals surface area contributed by atoms with Crippen molar-refractivity contribution in [3.63, 3.8) is 0 Å². The van der Waals surface area contributed by atoms with E-state index in [4.69, 9.17) is 17.3 Å². The number of likely N-dealkylation sites (tertiary alicyclic amines) is 1. The number of hydrogen-bond donors (Lipinski definition) is 1. The summed E-state index contributed by atoms with van der Waals surface area (Å²) >= 11 is 9.71. The summed E-state index contributed by atoms with van der Waals surface area (Å²) in [7, 11) is 0. The van der Waals surface area contributed by atoms with Crippen molar-refractivity contribution in [2.75, 3.05) is 13.1 Å². The number of rotatable bonds is 3. The van der Waals surface area contributed by atoms with Crippen LogP contribution in [-0.4, -0.2) is 24.0 Å². The zero-order valence-corrected chi connectivity index (χ0v) is 13.6. The molecule has 2 nitrogen and oxygen atoms in total. The van der Waals surface area contributed by atoms with Gasteiger partial charge >= 0.3 is 0 Å². The van der Waals surface area contributed by atoms with Gasteiger partial charge in [-0.15, -0.1) is 12.4 Å². The highest BCUT2D eigenvalue weighted by Gasteiger charge is 2.28. The summed E-state index contributed by atoms with van der Waals surface area (Å²) in [6, 6.07) is 6.62. The van der Waals surface area contributed by atoms with E-state index in [0.717, 1.165) is 29.1 Å². The second-order valence-electron chi connectivity index (χ2n) is 4.85. The lowest BCUT2D eigenvalue weighted by molar-refractivity contribution is 0.256. The van der Waals surface area contributed by atoms with Gasteiger partial charge in [-0.1, -0.05) is 27.5 Å². The van der Waals surface area contributed by atoms with Crippen LogP contribution in [0.1, 0.15) is 18.9 Å². The van der Waals surface area contributed by atoms with Gasteiger partial charge in [0.25, 0.3) is 0 Å². The molecule has 0 saturated carbocycles. The van der Waals surface area contributed by atoms with Crippen LogP contribution in [0.25, 0.3) is 0 Å². The van der Waals surface area contributed by atoms with Gasteiger partial charge in [0.05, 0.1) is 0 Å². The highest BCUT2D eigenvalue weighted by molar-refractivity contribution is 9.10. The summed E-state index contributed by atoms with van der Waals surface area (Å²) in [5.41, 5.74) is 6.93. The Morgan fingerprint density at radius 3 is 2.83 bits per heavy atom. The maximum absolute atomic E-state index is 6.22. The van der Waals surface area contributed by atoms with Crippen molar-refractivity contribution in [3.8, 4) is 0 Å². The number of nitrogens with two attached hydrogens (primary N) is 1. The van der Waals surface area contributed by atoms with Crippen molar-refractivity contribution < 1.29 is 0 Å². The normalized spacial score (nSPS) is 24.0. The predicted molar refractivity (Wildman–Crippen MR) is 83.4 cm³/mol. The molecule has 0 bridgehead atoms. The van der Waals surface area contributed by atoms with E-state index in [2.05, 4.69) is 33.8 Å². The largest absolute Gasteiger partial charge is 0.330 e. The molecule has 1 saturated heterocycles. The Labute approximate surface area is 128 Å². The molecular formula is C13H19BrCl2N2. The minimum absolute atomic E-state index is 0. The molecule has 102 valence electrons. The third kappa shape index (κ3) is 3.84. The minimum atomic E-state index is 0. The molecule has 0 aromatic heterocycles. The Balaban J connectivity index is 0.00000162. The zero-order chi connectivity index (χ0) is 12.4. The zero-order valence-electron chi connectivity index (χ0n) is 10.4. The van der Waals surface area contributed by atoms with E-state index >= 15 is 0 Å². The fraction of sp³-hybridized carbons (Fsp3) is 0.538. The van der Waals surface area contributed by atoms with Crippen LogP contribution in [0.15, 0.2) is 22.7 Å². The molecule has 0 aliphatic carbocycles. The van der Waals surface area contributed by atoms with Crippen LogP contribution in [0.4, 0.5) is 0 Å². The molecule has 1 aliphatic rings. The van der Waals surface area contributed by atoms with E-state index in [0.29, 0.717) is 12.0 Å². The SMILES string of the molecule is CC1CC(CN)CN1Cc1cc(Br)ccc1Cl.Cl. The monoisotopic (exact) mass is 352 g/mol. The summed E-state index contributed by atoms with van der Waals surface area (Å²) in [5, 5.41) is 0.844. The average molecular weight is 354 g/mol. The molecule has 2 N–H and O–H groups in total. The molecule has 2 atom stereocenters. The fourth-order valence-electron chi connectivity index (χ4n) is 2.49. The smallest absolute Gasteiger partial charge is 0.0451 e. The molecule has 1 aromatic rings. The second kappa shape index (κ2) is 7.11. The molecule has 5 heteroatoms. The van der Waals surface area contributed by atoms with Crippen LogP contribution in [0, 0.1) is 5.92 Å². The van der Waals surface area contributed by atoms with E-state index in [-0.39, 0.29) is 12.4 Å². The van der Waals surface area contributed by atoms with Crippen LogP contribution in [0.2, 0.25) is 5.02 Å². The Hall–Kier alpha value is 0.200. The third-order valence-electron chi connectivity index (χ3n) is 3.51. The van der Waals surface area contributed by atoms with Crippen LogP contribution < -0.4 is 5.73 Å². The number of halogens is 3. The lowest BCUT2D eigenvalue weighted by Gasteiger charge is -2.21. The van der Waals surface area contributed by atoms with Crippen molar-refractivity contribution in [2.45, 2.75) is 25.9 Å². The summed E-state index contributed by atoms with van der Waals surface area (Å²) < 4.78 is 1.08. The molecule has 1 heterocycles. The Bertz CT molecular complexity index is 401. The Morgan fingerprint density at radius 1 is 1.50 bits per heavy atom. The van der Waals surface area contributed by atoms with Gasteiger partial charge in [0.2, 0.25) is 0 Å². The minimum Gasteiger partial charge on any atom is -0.330 e. The van der Waals surface area contributed by atoms with Gasteiger partial charge in [0, 0.05) is 28.6 Å². The lowest BCUT2D eigenvalue weighted by atomic mass is 10.1. The summed E-state index contributed by atoms with van der Waals surface area (Å²) in [4.78, 5) is 2.46. The highest BCUT2D eigenvalue weighted by Crippen LogP contribution is 2.28. The summed E-state index contributed by atoms with van der Waals surface area (Å²) in [6.45, 7) is 5.05. The molecule has 0 radical (unpaired) electrons. The molecule has 0 spiro atoms. The first-order valence-corrected chi connectivity index (χ1v) is 7.15. The Morgan fingerprint density at radius 2 is 2.22 bits per heavy atom. The molecule has 0 amide bonds. The van der Waals surface area contributed by atoms with Crippen LogP contribution in [0.3, 0.4) is 0 Å². The number of nitrogens with zero attached hydrogens (tertiary/aromatic N) is 1. The van der Waals surface area contributed by atoms with Gasteiger partial charge in [-0.2, -0.15) is 0 Å².